The van der Waals surface area contributed by atoms with Gasteiger partial charge in [0.2, 0.25) is 0 Å². The van der Waals surface area contributed by atoms with E-state index in [9.17, 15) is 5.11 Å². The lowest BCUT2D eigenvalue weighted by Crippen LogP contribution is -2.45. The maximum absolute atomic E-state index is 11.0. The van der Waals surface area contributed by atoms with Crippen LogP contribution >= 0.6 is 0 Å². The molecule has 92 valence electrons. The summed E-state index contributed by atoms with van der Waals surface area (Å²) in [6, 6.07) is 1.94. The highest BCUT2D eigenvalue weighted by Gasteiger charge is 2.47. The van der Waals surface area contributed by atoms with E-state index in [1.165, 1.54) is 0 Å². The first-order valence-corrected chi connectivity index (χ1v) is 6.27. The van der Waals surface area contributed by atoms with Crippen molar-refractivity contribution in [3.8, 4) is 0 Å². The summed E-state index contributed by atoms with van der Waals surface area (Å²) in [5, 5.41) is 11.0. The molecule has 0 saturated carbocycles. The molecule has 0 spiro atoms. The summed E-state index contributed by atoms with van der Waals surface area (Å²) in [6.07, 6.45) is 3.54. The van der Waals surface area contributed by atoms with E-state index in [2.05, 4.69) is 9.88 Å². The molecule has 0 amide bonds. The zero-order chi connectivity index (χ0) is 12.0. The van der Waals surface area contributed by atoms with Crippen molar-refractivity contribution in [1.82, 2.24) is 9.88 Å². The van der Waals surface area contributed by atoms with Crippen LogP contribution in [-0.4, -0.2) is 34.6 Å². The van der Waals surface area contributed by atoms with Crippen LogP contribution in [0.15, 0.2) is 12.3 Å². The Labute approximate surface area is 101 Å². The highest BCUT2D eigenvalue weighted by atomic mass is 16.3. The molecule has 4 heteroatoms. The van der Waals surface area contributed by atoms with Crippen LogP contribution in [-0.2, 0) is 5.60 Å². The molecule has 2 bridgehead atoms. The topological polar surface area (TPSA) is 62.4 Å². The lowest BCUT2D eigenvalue weighted by Gasteiger charge is -2.40. The number of aliphatic hydroxyl groups is 1. The molecular formula is C13H19N3O. The average molecular weight is 233 g/mol. The third kappa shape index (κ3) is 1.55. The van der Waals surface area contributed by atoms with Gasteiger partial charge in [0.05, 0.1) is 5.60 Å². The Bertz CT molecular complexity index is 428. The average Bonchev–Trinajstić information content (AvgIpc) is 2.69. The summed E-state index contributed by atoms with van der Waals surface area (Å²) in [5.41, 5.74) is 7.14. The number of nitrogen functional groups attached to an aromatic ring is 1. The Hall–Kier alpha value is -1.13. The van der Waals surface area contributed by atoms with Gasteiger partial charge in [-0.3, -0.25) is 0 Å². The molecule has 1 aromatic heterocycles. The number of piperidine rings is 1. The van der Waals surface area contributed by atoms with Crippen LogP contribution in [0.3, 0.4) is 0 Å². The molecule has 17 heavy (non-hydrogen) atoms. The molecule has 2 saturated heterocycles. The summed E-state index contributed by atoms with van der Waals surface area (Å²) in [4.78, 5) is 6.56. The smallest absolute Gasteiger partial charge is 0.129 e. The van der Waals surface area contributed by atoms with E-state index in [0.29, 0.717) is 11.7 Å². The minimum absolute atomic E-state index is 0.307. The molecule has 3 atom stereocenters. The standard InChI is InChI=1S/C13H19N3O/c1-9-2-5-15-12(14)11(9)13(17)4-7-16-6-3-10(13)8-16/h2,5,10,17H,3-4,6-8H2,1H3,(H2,14,15). The van der Waals surface area contributed by atoms with Gasteiger partial charge in [0, 0.05) is 30.8 Å². The number of fused-ring (bicyclic) bond motifs is 2. The largest absolute Gasteiger partial charge is 0.385 e. The van der Waals surface area contributed by atoms with Crippen LogP contribution < -0.4 is 5.73 Å². The summed E-state index contributed by atoms with van der Waals surface area (Å²) < 4.78 is 0. The monoisotopic (exact) mass is 233 g/mol. The second-order valence-electron chi connectivity index (χ2n) is 5.35. The summed E-state index contributed by atoms with van der Waals surface area (Å²) in [5.74, 6) is 0.800. The first-order valence-electron chi connectivity index (χ1n) is 6.27. The van der Waals surface area contributed by atoms with Crippen molar-refractivity contribution < 1.29 is 5.11 Å². The second kappa shape index (κ2) is 3.68. The normalized spacial score (nSPS) is 36.1. The minimum Gasteiger partial charge on any atom is -0.385 e. The Balaban J connectivity index is 2.07. The van der Waals surface area contributed by atoms with Crippen molar-refractivity contribution in [3.05, 3.63) is 23.4 Å². The predicted molar refractivity (Wildman–Crippen MR) is 66.4 cm³/mol. The van der Waals surface area contributed by atoms with Gasteiger partial charge < -0.3 is 15.7 Å². The number of hydrogen-bond acceptors (Lipinski definition) is 4. The molecule has 0 aromatic carbocycles. The first kappa shape index (κ1) is 11.0. The van der Waals surface area contributed by atoms with E-state index in [-0.39, 0.29) is 0 Å². The van der Waals surface area contributed by atoms with Gasteiger partial charge in [-0.1, -0.05) is 0 Å². The molecule has 3 N–H and O–H groups in total. The first-order chi connectivity index (χ1) is 8.11. The number of anilines is 1. The minimum atomic E-state index is -0.768. The fraction of sp³-hybridized carbons (Fsp3) is 0.615. The predicted octanol–water partition coefficient (Wildman–Crippen LogP) is 0.885. The van der Waals surface area contributed by atoms with Crippen LogP contribution in [0.25, 0.3) is 0 Å². The number of rotatable bonds is 1. The van der Waals surface area contributed by atoms with E-state index in [1.54, 1.807) is 6.20 Å². The zero-order valence-corrected chi connectivity index (χ0v) is 10.2. The summed E-state index contributed by atoms with van der Waals surface area (Å²) >= 11 is 0. The molecule has 2 aliphatic rings. The van der Waals surface area contributed by atoms with Gasteiger partial charge in [-0.15, -0.1) is 0 Å². The van der Waals surface area contributed by atoms with Crippen LogP contribution in [0.4, 0.5) is 5.82 Å². The number of aryl methyl sites for hydroxylation is 1. The number of nitrogens with zero attached hydrogens (tertiary/aromatic N) is 2. The molecular weight excluding hydrogens is 214 g/mol. The maximum atomic E-state index is 11.0. The summed E-state index contributed by atoms with van der Waals surface area (Å²) in [7, 11) is 0. The van der Waals surface area contributed by atoms with Gasteiger partial charge in [-0.25, -0.2) is 4.98 Å². The Morgan fingerprint density at radius 2 is 2.35 bits per heavy atom. The highest BCUT2D eigenvalue weighted by Crippen LogP contribution is 2.45. The van der Waals surface area contributed by atoms with Crippen molar-refractivity contribution >= 4 is 5.82 Å². The van der Waals surface area contributed by atoms with Crippen molar-refractivity contribution in [2.24, 2.45) is 5.92 Å². The van der Waals surface area contributed by atoms with E-state index in [0.717, 1.165) is 43.6 Å². The van der Waals surface area contributed by atoms with Gasteiger partial charge in [-0.2, -0.15) is 0 Å². The summed E-state index contributed by atoms with van der Waals surface area (Å²) in [6.45, 7) is 5.06. The zero-order valence-electron chi connectivity index (χ0n) is 10.2. The number of hydrogen-bond donors (Lipinski definition) is 2. The lowest BCUT2D eigenvalue weighted by atomic mass is 9.75. The van der Waals surface area contributed by atoms with E-state index in [4.69, 9.17) is 5.73 Å². The Morgan fingerprint density at radius 3 is 3.12 bits per heavy atom. The molecule has 3 unspecified atom stereocenters. The molecule has 0 aliphatic carbocycles. The van der Waals surface area contributed by atoms with E-state index in [1.807, 2.05) is 13.0 Å². The van der Waals surface area contributed by atoms with Crippen LogP contribution in [0.1, 0.15) is 24.0 Å². The highest BCUT2D eigenvalue weighted by molar-refractivity contribution is 5.48. The van der Waals surface area contributed by atoms with Gasteiger partial charge >= 0.3 is 0 Å². The van der Waals surface area contributed by atoms with Gasteiger partial charge in [0.25, 0.3) is 0 Å². The molecule has 4 nitrogen and oxygen atoms in total. The maximum Gasteiger partial charge on any atom is 0.129 e. The molecule has 3 heterocycles. The van der Waals surface area contributed by atoms with Gasteiger partial charge in [-0.05, 0) is 37.9 Å². The van der Waals surface area contributed by atoms with Crippen LogP contribution in [0, 0.1) is 12.8 Å². The molecule has 2 fully saturated rings. The number of pyridine rings is 1. The molecule has 3 rings (SSSR count). The molecule has 2 aliphatic heterocycles. The van der Waals surface area contributed by atoms with Crippen LogP contribution in [0.2, 0.25) is 0 Å². The van der Waals surface area contributed by atoms with Gasteiger partial charge in [0.1, 0.15) is 5.82 Å². The Morgan fingerprint density at radius 1 is 1.53 bits per heavy atom. The van der Waals surface area contributed by atoms with Crippen molar-refractivity contribution in [2.75, 3.05) is 25.4 Å². The van der Waals surface area contributed by atoms with Crippen molar-refractivity contribution in [2.45, 2.75) is 25.4 Å². The third-order valence-corrected chi connectivity index (χ3v) is 4.38. The van der Waals surface area contributed by atoms with Crippen molar-refractivity contribution in [1.29, 1.82) is 0 Å². The lowest BCUT2D eigenvalue weighted by molar-refractivity contribution is -0.0502. The van der Waals surface area contributed by atoms with E-state index < -0.39 is 5.60 Å². The molecule has 1 aromatic rings. The van der Waals surface area contributed by atoms with Crippen LogP contribution in [0.5, 0.6) is 0 Å². The third-order valence-electron chi connectivity index (χ3n) is 4.38. The molecule has 0 radical (unpaired) electrons. The SMILES string of the molecule is Cc1ccnc(N)c1C1(O)CCN2CCC1C2. The van der Waals surface area contributed by atoms with E-state index >= 15 is 0 Å². The fourth-order valence-electron chi connectivity index (χ4n) is 3.43. The second-order valence-corrected chi connectivity index (χ2v) is 5.35. The Kier molecular flexibility index (Phi) is 2.38. The number of aromatic nitrogens is 1. The quantitative estimate of drug-likeness (QED) is 0.756. The fourth-order valence-corrected chi connectivity index (χ4v) is 3.43. The van der Waals surface area contributed by atoms with Crippen molar-refractivity contribution in [3.63, 3.8) is 0 Å². The number of nitrogens with two attached hydrogens (primary N) is 1. The van der Waals surface area contributed by atoms with Gasteiger partial charge in [0.15, 0.2) is 0 Å².